The average molecular weight is 256 g/mol. The third-order valence-electron chi connectivity index (χ3n) is 2.45. The van der Waals surface area contributed by atoms with Gasteiger partial charge in [-0.3, -0.25) is 0 Å². The Morgan fingerprint density at radius 1 is 1.21 bits per heavy atom. The summed E-state index contributed by atoms with van der Waals surface area (Å²) in [6.45, 7) is 3.01. The standard InChI is InChI=1S/C12H18BrN/c1-2-10-9-12(13)7-6-11(10)5-3-4-8-14/h6-7,9H,2-5,8,14H2,1H3. The minimum Gasteiger partial charge on any atom is -0.330 e. The fourth-order valence-corrected chi connectivity index (χ4v) is 2.04. The molecular formula is C12H18BrN. The highest BCUT2D eigenvalue weighted by Crippen LogP contribution is 2.18. The van der Waals surface area contributed by atoms with E-state index in [0.717, 1.165) is 25.8 Å². The zero-order valence-corrected chi connectivity index (χ0v) is 10.3. The van der Waals surface area contributed by atoms with E-state index in [1.165, 1.54) is 22.0 Å². The number of unbranched alkanes of at least 4 members (excludes halogenated alkanes) is 1. The number of hydrogen-bond donors (Lipinski definition) is 1. The van der Waals surface area contributed by atoms with Crippen LogP contribution < -0.4 is 5.73 Å². The van der Waals surface area contributed by atoms with Crippen LogP contribution in [0.2, 0.25) is 0 Å². The molecule has 0 saturated carbocycles. The molecule has 0 fully saturated rings. The Labute approximate surface area is 94.8 Å². The monoisotopic (exact) mass is 255 g/mol. The minimum absolute atomic E-state index is 0.804. The van der Waals surface area contributed by atoms with Crippen LogP contribution in [0.4, 0.5) is 0 Å². The molecule has 78 valence electrons. The summed E-state index contributed by atoms with van der Waals surface area (Å²) >= 11 is 3.50. The van der Waals surface area contributed by atoms with Gasteiger partial charge in [0.2, 0.25) is 0 Å². The normalized spacial score (nSPS) is 10.5. The van der Waals surface area contributed by atoms with Crippen molar-refractivity contribution < 1.29 is 0 Å². The van der Waals surface area contributed by atoms with E-state index < -0.39 is 0 Å². The molecular weight excluding hydrogens is 238 g/mol. The molecule has 0 unspecified atom stereocenters. The van der Waals surface area contributed by atoms with E-state index in [1.807, 2.05) is 0 Å². The Morgan fingerprint density at radius 2 is 2.00 bits per heavy atom. The summed E-state index contributed by atoms with van der Waals surface area (Å²) in [5.41, 5.74) is 8.41. The molecule has 0 atom stereocenters. The van der Waals surface area contributed by atoms with Crippen LogP contribution in [-0.2, 0) is 12.8 Å². The van der Waals surface area contributed by atoms with Crippen molar-refractivity contribution >= 4 is 15.9 Å². The van der Waals surface area contributed by atoms with Gasteiger partial charge in [0.15, 0.2) is 0 Å². The second-order valence-electron chi connectivity index (χ2n) is 3.51. The Bertz CT molecular complexity index is 284. The van der Waals surface area contributed by atoms with Crippen molar-refractivity contribution in [3.05, 3.63) is 33.8 Å². The fourth-order valence-electron chi connectivity index (χ4n) is 1.63. The molecule has 0 heterocycles. The molecule has 2 heteroatoms. The molecule has 0 aromatic heterocycles. The Hall–Kier alpha value is -0.340. The van der Waals surface area contributed by atoms with Crippen LogP contribution in [-0.4, -0.2) is 6.54 Å². The van der Waals surface area contributed by atoms with Crippen molar-refractivity contribution in [1.82, 2.24) is 0 Å². The van der Waals surface area contributed by atoms with Gasteiger partial charge < -0.3 is 5.73 Å². The van der Waals surface area contributed by atoms with Crippen LogP contribution >= 0.6 is 15.9 Å². The van der Waals surface area contributed by atoms with Gasteiger partial charge in [-0.2, -0.15) is 0 Å². The van der Waals surface area contributed by atoms with E-state index in [9.17, 15) is 0 Å². The second-order valence-corrected chi connectivity index (χ2v) is 4.43. The van der Waals surface area contributed by atoms with Gasteiger partial charge in [0.1, 0.15) is 0 Å². The molecule has 1 aromatic rings. The van der Waals surface area contributed by atoms with Gasteiger partial charge in [0.25, 0.3) is 0 Å². The average Bonchev–Trinajstić information content (AvgIpc) is 2.20. The number of halogens is 1. The molecule has 0 radical (unpaired) electrons. The first-order valence-corrected chi connectivity index (χ1v) is 6.04. The highest BCUT2D eigenvalue weighted by atomic mass is 79.9. The lowest BCUT2D eigenvalue weighted by molar-refractivity contribution is 0.740. The van der Waals surface area contributed by atoms with Crippen molar-refractivity contribution in [2.75, 3.05) is 6.54 Å². The summed E-state index contributed by atoms with van der Waals surface area (Å²) in [5.74, 6) is 0. The van der Waals surface area contributed by atoms with Crippen LogP contribution in [0.15, 0.2) is 22.7 Å². The molecule has 14 heavy (non-hydrogen) atoms. The van der Waals surface area contributed by atoms with Gasteiger partial charge in [-0.15, -0.1) is 0 Å². The predicted molar refractivity (Wildman–Crippen MR) is 65.5 cm³/mol. The van der Waals surface area contributed by atoms with Crippen LogP contribution in [0, 0.1) is 0 Å². The van der Waals surface area contributed by atoms with Gasteiger partial charge in [-0.05, 0) is 55.5 Å². The fraction of sp³-hybridized carbons (Fsp3) is 0.500. The van der Waals surface area contributed by atoms with Crippen molar-refractivity contribution in [2.24, 2.45) is 5.73 Å². The predicted octanol–water partition coefficient (Wildman–Crippen LogP) is 3.29. The van der Waals surface area contributed by atoms with E-state index >= 15 is 0 Å². The Morgan fingerprint density at radius 3 is 2.64 bits per heavy atom. The summed E-state index contributed by atoms with van der Waals surface area (Å²) in [7, 11) is 0. The maximum absolute atomic E-state index is 5.48. The van der Waals surface area contributed by atoms with E-state index in [0.29, 0.717) is 0 Å². The Kier molecular flexibility index (Phi) is 5.20. The molecule has 1 nitrogen and oxygen atoms in total. The third-order valence-corrected chi connectivity index (χ3v) is 2.94. The Balaban J connectivity index is 2.65. The van der Waals surface area contributed by atoms with Crippen LogP contribution in [0.3, 0.4) is 0 Å². The lowest BCUT2D eigenvalue weighted by Gasteiger charge is -2.07. The van der Waals surface area contributed by atoms with Crippen LogP contribution in [0.25, 0.3) is 0 Å². The van der Waals surface area contributed by atoms with Gasteiger partial charge in [-0.1, -0.05) is 28.9 Å². The molecule has 0 aliphatic heterocycles. The molecule has 0 saturated heterocycles. The van der Waals surface area contributed by atoms with E-state index in [4.69, 9.17) is 5.73 Å². The summed E-state index contributed by atoms with van der Waals surface area (Å²) in [6, 6.07) is 6.56. The van der Waals surface area contributed by atoms with Gasteiger partial charge in [-0.25, -0.2) is 0 Å². The first-order valence-electron chi connectivity index (χ1n) is 5.25. The molecule has 0 aliphatic rings. The molecule has 1 aromatic carbocycles. The molecule has 0 bridgehead atoms. The zero-order chi connectivity index (χ0) is 10.4. The number of aryl methyl sites for hydroxylation is 2. The minimum atomic E-state index is 0.804. The summed E-state index contributed by atoms with van der Waals surface area (Å²) in [5, 5.41) is 0. The molecule has 0 aliphatic carbocycles. The van der Waals surface area contributed by atoms with Crippen molar-refractivity contribution in [3.63, 3.8) is 0 Å². The number of nitrogens with two attached hydrogens (primary N) is 1. The smallest absolute Gasteiger partial charge is 0.0178 e. The highest BCUT2D eigenvalue weighted by molar-refractivity contribution is 9.10. The molecule has 1 rings (SSSR count). The number of benzene rings is 1. The zero-order valence-electron chi connectivity index (χ0n) is 8.72. The lowest BCUT2D eigenvalue weighted by atomic mass is 10.0. The number of rotatable bonds is 5. The molecule has 0 amide bonds. The van der Waals surface area contributed by atoms with Gasteiger partial charge in [0, 0.05) is 4.47 Å². The summed E-state index contributed by atoms with van der Waals surface area (Å²) < 4.78 is 1.18. The van der Waals surface area contributed by atoms with Gasteiger partial charge in [0.05, 0.1) is 0 Å². The molecule has 0 spiro atoms. The third kappa shape index (κ3) is 3.43. The largest absolute Gasteiger partial charge is 0.330 e. The first-order chi connectivity index (χ1) is 6.77. The van der Waals surface area contributed by atoms with E-state index in [2.05, 4.69) is 41.1 Å². The van der Waals surface area contributed by atoms with Crippen molar-refractivity contribution in [2.45, 2.75) is 32.6 Å². The maximum atomic E-state index is 5.48. The summed E-state index contributed by atoms with van der Waals surface area (Å²) in [6.07, 6.45) is 4.59. The van der Waals surface area contributed by atoms with Crippen LogP contribution in [0.5, 0.6) is 0 Å². The quantitative estimate of drug-likeness (QED) is 0.804. The molecule has 2 N–H and O–H groups in total. The van der Waals surface area contributed by atoms with E-state index in [1.54, 1.807) is 0 Å². The van der Waals surface area contributed by atoms with Crippen molar-refractivity contribution in [3.8, 4) is 0 Å². The van der Waals surface area contributed by atoms with E-state index in [-0.39, 0.29) is 0 Å². The lowest BCUT2D eigenvalue weighted by Crippen LogP contribution is -2.00. The second kappa shape index (κ2) is 6.20. The SMILES string of the molecule is CCc1cc(Br)ccc1CCCCN. The van der Waals surface area contributed by atoms with Crippen molar-refractivity contribution in [1.29, 1.82) is 0 Å². The van der Waals surface area contributed by atoms with Gasteiger partial charge >= 0.3 is 0 Å². The number of hydrogen-bond acceptors (Lipinski definition) is 1. The first kappa shape index (κ1) is 11.7. The van der Waals surface area contributed by atoms with Crippen LogP contribution in [0.1, 0.15) is 30.9 Å². The maximum Gasteiger partial charge on any atom is 0.0178 e. The topological polar surface area (TPSA) is 26.0 Å². The highest BCUT2D eigenvalue weighted by Gasteiger charge is 2.00. The summed E-state index contributed by atoms with van der Waals surface area (Å²) in [4.78, 5) is 0.